The number of aromatic nitrogens is 1. The van der Waals surface area contributed by atoms with Gasteiger partial charge in [0.2, 0.25) is 0 Å². The predicted octanol–water partition coefficient (Wildman–Crippen LogP) is 1.25. The van der Waals surface area contributed by atoms with E-state index in [0.717, 1.165) is 5.52 Å². The van der Waals surface area contributed by atoms with Crippen LogP contribution >= 0.6 is 11.6 Å². The third-order valence-corrected chi connectivity index (χ3v) is 5.94. The van der Waals surface area contributed by atoms with Gasteiger partial charge >= 0.3 is 117 Å². The van der Waals surface area contributed by atoms with E-state index in [1.165, 1.54) is 8.83 Å². The van der Waals surface area contributed by atoms with Crippen LogP contribution in [0.3, 0.4) is 0 Å². The van der Waals surface area contributed by atoms with Gasteiger partial charge in [-0.3, -0.25) is 0 Å². The Labute approximate surface area is 122 Å². The Morgan fingerprint density at radius 2 is 2.11 bits per heavy atom. The molecule has 5 nitrogen and oxygen atoms in total. The third-order valence-electron chi connectivity index (χ3n) is 2.63. The summed E-state index contributed by atoms with van der Waals surface area (Å²) in [5.74, 6) is -0.209. The first-order chi connectivity index (χ1) is 8.37. The molecular weight excluding hydrogens is 357 g/mol. The molecule has 0 saturated carbocycles. The van der Waals surface area contributed by atoms with Crippen LogP contribution in [0.5, 0.6) is 0 Å². The molecule has 8 heteroatoms. The third kappa shape index (κ3) is 4.27. The number of rotatable bonds is 4. The van der Waals surface area contributed by atoms with Crippen LogP contribution in [0.25, 0.3) is 9.78 Å². The number of hydrogen-bond acceptors (Lipinski definition) is 3. The average molecular weight is 371 g/mol. The van der Waals surface area contributed by atoms with Crippen LogP contribution in [0.15, 0.2) is 18.2 Å². The number of aryl methyl sites for hydroxylation is 2. The minimum Gasteiger partial charge on any atom is -0.870 e. The second-order valence-electron chi connectivity index (χ2n) is 4.02. The van der Waals surface area contributed by atoms with E-state index >= 15 is 0 Å². The number of fused-ring (bicyclic) bond motifs is 1. The van der Waals surface area contributed by atoms with Gasteiger partial charge in [-0.25, -0.2) is 0 Å². The first-order valence-electron chi connectivity index (χ1n) is 5.40. The molecule has 0 radical (unpaired) electrons. The smallest absolute Gasteiger partial charge is 0.870 e. The SMILES string of the molecule is Cc1[se]c2ccc(Cl)cc2[n+]1CCCS(=O)(=O)O.[OH-]. The summed E-state index contributed by atoms with van der Waals surface area (Å²) in [4.78, 5) is 0. The van der Waals surface area contributed by atoms with Gasteiger partial charge in [-0.05, 0) is 0 Å². The fraction of sp³-hybridized carbons (Fsp3) is 0.364. The van der Waals surface area contributed by atoms with Gasteiger partial charge < -0.3 is 5.48 Å². The van der Waals surface area contributed by atoms with Crippen molar-refractivity contribution in [2.75, 3.05) is 5.75 Å². The molecule has 2 rings (SSSR count). The van der Waals surface area contributed by atoms with Gasteiger partial charge in [0.05, 0.1) is 0 Å². The van der Waals surface area contributed by atoms with Crippen LogP contribution in [-0.2, 0) is 16.7 Å². The standard InChI is InChI=1S/C11H12ClNO3SSe.H2O/c1-8-13(5-2-6-17(14,15)16)10-7-9(12)3-4-11(10)18-8;/h3-4,7H,2,5-6H2,1H3;1H2. The predicted molar refractivity (Wildman–Crippen MR) is 73.8 cm³/mol. The number of benzene rings is 1. The van der Waals surface area contributed by atoms with E-state index < -0.39 is 10.1 Å². The Balaban J connectivity index is 0.00000180. The van der Waals surface area contributed by atoms with Crippen LogP contribution in [0, 0.1) is 6.92 Å². The van der Waals surface area contributed by atoms with Gasteiger partial charge in [0.15, 0.2) is 0 Å². The van der Waals surface area contributed by atoms with Crippen LogP contribution in [0.2, 0.25) is 5.02 Å². The summed E-state index contributed by atoms with van der Waals surface area (Å²) in [5, 5.41) is 0.680. The molecule has 1 heterocycles. The fourth-order valence-electron chi connectivity index (χ4n) is 1.85. The van der Waals surface area contributed by atoms with E-state index in [1.807, 2.05) is 25.1 Å². The van der Waals surface area contributed by atoms with E-state index in [4.69, 9.17) is 16.2 Å². The Kier molecular flexibility index (Phi) is 5.55. The van der Waals surface area contributed by atoms with Crippen LogP contribution < -0.4 is 4.57 Å². The van der Waals surface area contributed by atoms with Crippen molar-refractivity contribution in [3.8, 4) is 0 Å². The molecule has 106 valence electrons. The molecule has 0 amide bonds. The van der Waals surface area contributed by atoms with Crippen molar-refractivity contribution in [1.29, 1.82) is 0 Å². The second-order valence-corrected chi connectivity index (χ2v) is 8.62. The van der Waals surface area contributed by atoms with Gasteiger partial charge in [-0.1, -0.05) is 0 Å². The molecule has 0 fully saturated rings. The van der Waals surface area contributed by atoms with Gasteiger partial charge in [0.25, 0.3) is 0 Å². The molecule has 2 N–H and O–H groups in total. The second kappa shape index (κ2) is 6.35. The summed E-state index contributed by atoms with van der Waals surface area (Å²) in [7, 11) is -3.88. The maximum absolute atomic E-state index is 10.7. The largest absolute Gasteiger partial charge is 0.870 e. The van der Waals surface area contributed by atoms with Crippen molar-refractivity contribution < 1.29 is 23.0 Å². The van der Waals surface area contributed by atoms with Crippen molar-refractivity contribution >= 4 is 46.0 Å². The van der Waals surface area contributed by atoms with Gasteiger partial charge in [-0.15, -0.1) is 0 Å². The Hall–Kier alpha value is -0.431. The Bertz CT molecular complexity index is 683. The Morgan fingerprint density at radius 3 is 2.74 bits per heavy atom. The molecule has 19 heavy (non-hydrogen) atoms. The van der Waals surface area contributed by atoms with E-state index in [0.29, 0.717) is 18.0 Å². The molecule has 0 aliphatic carbocycles. The summed E-state index contributed by atoms with van der Waals surface area (Å²) in [6, 6.07) is 5.80. The molecule has 0 spiro atoms. The maximum atomic E-state index is 10.7. The quantitative estimate of drug-likeness (QED) is 0.498. The molecule has 1 aromatic carbocycles. The maximum Gasteiger partial charge on any atom is -0.870 e. The van der Waals surface area contributed by atoms with Crippen molar-refractivity contribution in [2.45, 2.75) is 19.9 Å². The fourth-order valence-corrected chi connectivity index (χ4v) is 4.67. The Morgan fingerprint density at radius 1 is 1.42 bits per heavy atom. The van der Waals surface area contributed by atoms with Gasteiger partial charge in [0.1, 0.15) is 0 Å². The molecule has 0 aliphatic rings. The van der Waals surface area contributed by atoms with E-state index in [9.17, 15) is 8.42 Å². The zero-order chi connectivity index (χ0) is 13.3. The topological polar surface area (TPSA) is 88.2 Å². The van der Waals surface area contributed by atoms with E-state index in [-0.39, 0.29) is 25.7 Å². The summed E-state index contributed by atoms with van der Waals surface area (Å²) < 4.78 is 34.7. The molecular formula is C11H14ClNO4SSe. The van der Waals surface area contributed by atoms with Crippen molar-refractivity contribution in [1.82, 2.24) is 0 Å². The molecule has 0 bridgehead atoms. The zero-order valence-corrected chi connectivity index (χ0v) is 13.5. The van der Waals surface area contributed by atoms with Crippen molar-refractivity contribution in [3.05, 3.63) is 27.8 Å². The van der Waals surface area contributed by atoms with Crippen molar-refractivity contribution in [3.63, 3.8) is 0 Å². The van der Waals surface area contributed by atoms with Crippen LogP contribution in [0.4, 0.5) is 0 Å². The summed E-state index contributed by atoms with van der Waals surface area (Å²) in [5.41, 5.74) is 1.07. The van der Waals surface area contributed by atoms with E-state index in [1.54, 1.807) is 0 Å². The summed E-state index contributed by atoms with van der Waals surface area (Å²) in [6.45, 7) is 2.63. The number of nitrogens with zero attached hydrogens (tertiary/aromatic N) is 1. The first kappa shape index (κ1) is 16.6. The van der Waals surface area contributed by atoms with Gasteiger partial charge in [0, 0.05) is 0 Å². The average Bonchev–Trinajstić information content (AvgIpc) is 2.54. The summed E-state index contributed by atoms with van der Waals surface area (Å²) >= 11 is 6.25. The van der Waals surface area contributed by atoms with E-state index in [2.05, 4.69) is 4.57 Å². The molecule has 1 aromatic heterocycles. The molecule has 0 saturated heterocycles. The number of hydrogen-bond donors (Lipinski definition) is 1. The molecule has 2 aromatic rings. The minimum atomic E-state index is -3.88. The normalized spacial score (nSPS) is 11.5. The van der Waals surface area contributed by atoms with Crippen molar-refractivity contribution in [2.24, 2.45) is 0 Å². The summed E-state index contributed by atoms with van der Waals surface area (Å²) in [6.07, 6.45) is 0.401. The first-order valence-corrected chi connectivity index (χ1v) is 9.10. The molecule has 0 unspecified atom stereocenters. The van der Waals surface area contributed by atoms with Crippen LogP contribution in [0.1, 0.15) is 11.0 Å². The van der Waals surface area contributed by atoms with Crippen LogP contribution in [-0.4, -0.2) is 38.7 Å². The molecule has 0 aliphatic heterocycles. The number of halogens is 1. The molecule has 0 atom stereocenters. The monoisotopic (exact) mass is 371 g/mol. The van der Waals surface area contributed by atoms with Gasteiger partial charge in [-0.2, -0.15) is 0 Å². The minimum absolute atomic E-state index is 0. The zero-order valence-electron chi connectivity index (χ0n) is 10.2.